The predicted octanol–water partition coefficient (Wildman–Crippen LogP) is 2.49. The first-order valence-corrected chi connectivity index (χ1v) is 5.03. The van der Waals surface area contributed by atoms with E-state index in [2.05, 4.69) is 4.74 Å². The zero-order valence-corrected chi connectivity index (χ0v) is 9.58. The van der Waals surface area contributed by atoms with E-state index in [1.54, 1.807) is 0 Å². The van der Waals surface area contributed by atoms with Crippen LogP contribution in [0.15, 0.2) is 18.2 Å². The highest BCUT2D eigenvalue weighted by atomic mass is 19.4. The SMILES string of the molecule is Cc1cc(C(F)(F)F)ccc1OCCOC(N)=O. The first-order chi connectivity index (χ1) is 8.30. The van der Waals surface area contributed by atoms with Crippen molar-refractivity contribution in [1.82, 2.24) is 0 Å². The van der Waals surface area contributed by atoms with Gasteiger partial charge < -0.3 is 15.2 Å². The van der Waals surface area contributed by atoms with Crippen LogP contribution in [0.25, 0.3) is 0 Å². The van der Waals surface area contributed by atoms with Crippen molar-refractivity contribution in [3.8, 4) is 5.75 Å². The highest BCUT2D eigenvalue weighted by Gasteiger charge is 2.30. The number of carbonyl (C=O) groups is 1. The number of hydrogen-bond acceptors (Lipinski definition) is 3. The van der Waals surface area contributed by atoms with Crippen molar-refractivity contribution in [2.24, 2.45) is 5.73 Å². The van der Waals surface area contributed by atoms with Crippen molar-refractivity contribution < 1.29 is 27.4 Å². The van der Waals surface area contributed by atoms with Crippen LogP contribution in [0.4, 0.5) is 18.0 Å². The van der Waals surface area contributed by atoms with Gasteiger partial charge in [-0.15, -0.1) is 0 Å². The van der Waals surface area contributed by atoms with Crippen LogP contribution in [0, 0.1) is 6.92 Å². The van der Waals surface area contributed by atoms with E-state index < -0.39 is 17.8 Å². The summed E-state index contributed by atoms with van der Waals surface area (Å²) < 4.78 is 46.7. The normalized spacial score (nSPS) is 11.1. The molecule has 1 rings (SSSR count). The molecular formula is C11H12F3NO3. The Labute approximate surface area is 101 Å². The van der Waals surface area contributed by atoms with Crippen LogP contribution in [0.5, 0.6) is 5.75 Å². The van der Waals surface area contributed by atoms with Crippen LogP contribution >= 0.6 is 0 Å². The van der Waals surface area contributed by atoms with Gasteiger partial charge in [-0.3, -0.25) is 0 Å². The fraction of sp³-hybridized carbons (Fsp3) is 0.364. The molecule has 4 nitrogen and oxygen atoms in total. The van der Waals surface area contributed by atoms with Crippen LogP contribution in [-0.4, -0.2) is 19.3 Å². The van der Waals surface area contributed by atoms with E-state index in [9.17, 15) is 18.0 Å². The number of hydrogen-bond donors (Lipinski definition) is 1. The maximum Gasteiger partial charge on any atom is 0.416 e. The highest BCUT2D eigenvalue weighted by Crippen LogP contribution is 2.32. The lowest BCUT2D eigenvalue weighted by Crippen LogP contribution is -2.17. The van der Waals surface area contributed by atoms with Gasteiger partial charge in [0.1, 0.15) is 19.0 Å². The Hall–Kier alpha value is -1.92. The molecule has 0 fully saturated rings. The third-order valence-electron chi connectivity index (χ3n) is 2.09. The Morgan fingerprint density at radius 2 is 2.00 bits per heavy atom. The smallest absolute Gasteiger partial charge is 0.416 e. The average Bonchev–Trinajstić information content (AvgIpc) is 2.24. The number of benzene rings is 1. The molecule has 1 aromatic carbocycles. The van der Waals surface area contributed by atoms with Crippen molar-refractivity contribution >= 4 is 6.09 Å². The summed E-state index contributed by atoms with van der Waals surface area (Å²) in [7, 11) is 0. The van der Waals surface area contributed by atoms with Crippen molar-refractivity contribution in [2.45, 2.75) is 13.1 Å². The van der Waals surface area contributed by atoms with Gasteiger partial charge >= 0.3 is 12.3 Å². The maximum atomic E-state index is 12.4. The second kappa shape index (κ2) is 5.61. The van der Waals surface area contributed by atoms with Gasteiger partial charge in [-0.05, 0) is 30.7 Å². The van der Waals surface area contributed by atoms with Gasteiger partial charge in [-0.25, -0.2) is 4.79 Å². The number of rotatable bonds is 4. The molecule has 1 amide bonds. The van der Waals surface area contributed by atoms with E-state index in [1.807, 2.05) is 0 Å². The van der Waals surface area contributed by atoms with E-state index in [4.69, 9.17) is 10.5 Å². The zero-order chi connectivity index (χ0) is 13.8. The summed E-state index contributed by atoms with van der Waals surface area (Å²) in [5.74, 6) is 0.302. The Bertz CT molecular complexity index is 432. The Morgan fingerprint density at radius 3 is 2.50 bits per heavy atom. The van der Waals surface area contributed by atoms with E-state index in [0.29, 0.717) is 11.3 Å². The van der Waals surface area contributed by atoms with E-state index in [-0.39, 0.29) is 13.2 Å². The number of nitrogens with two attached hydrogens (primary N) is 1. The summed E-state index contributed by atoms with van der Waals surface area (Å²) in [6.07, 6.45) is -5.30. The summed E-state index contributed by atoms with van der Waals surface area (Å²) in [6.45, 7) is 1.46. The molecule has 7 heteroatoms. The first kappa shape index (κ1) is 14.1. The summed E-state index contributed by atoms with van der Waals surface area (Å²) in [4.78, 5) is 10.3. The minimum absolute atomic E-state index is 0.0230. The molecule has 0 bridgehead atoms. The summed E-state index contributed by atoms with van der Waals surface area (Å²) in [6, 6.07) is 3.14. The molecule has 0 radical (unpaired) electrons. The number of amides is 1. The zero-order valence-electron chi connectivity index (χ0n) is 9.58. The van der Waals surface area contributed by atoms with Gasteiger partial charge in [0.2, 0.25) is 0 Å². The molecule has 0 spiro atoms. The Kier molecular flexibility index (Phi) is 4.41. The summed E-state index contributed by atoms with van der Waals surface area (Å²) in [5, 5.41) is 0. The molecule has 0 aliphatic rings. The van der Waals surface area contributed by atoms with Gasteiger partial charge in [-0.2, -0.15) is 13.2 Å². The number of carbonyl (C=O) groups excluding carboxylic acids is 1. The third-order valence-corrected chi connectivity index (χ3v) is 2.09. The lowest BCUT2D eigenvalue weighted by atomic mass is 10.1. The summed E-state index contributed by atoms with van der Waals surface area (Å²) >= 11 is 0. The molecule has 18 heavy (non-hydrogen) atoms. The number of aryl methyl sites for hydroxylation is 1. The van der Waals surface area contributed by atoms with Crippen LogP contribution < -0.4 is 10.5 Å². The minimum Gasteiger partial charge on any atom is -0.490 e. The van der Waals surface area contributed by atoms with Gasteiger partial charge in [0.15, 0.2) is 0 Å². The number of alkyl halides is 3. The molecule has 0 saturated carbocycles. The molecule has 0 atom stereocenters. The van der Waals surface area contributed by atoms with Gasteiger partial charge in [0, 0.05) is 0 Å². The van der Waals surface area contributed by atoms with Crippen LogP contribution in [0.2, 0.25) is 0 Å². The predicted molar refractivity (Wildman–Crippen MR) is 57.2 cm³/mol. The molecule has 0 aromatic heterocycles. The molecule has 0 aliphatic heterocycles. The molecule has 0 saturated heterocycles. The van der Waals surface area contributed by atoms with Crippen molar-refractivity contribution in [1.29, 1.82) is 0 Å². The molecule has 0 unspecified atom stereocenters. The van der Waals surface area contributed by atoms with Crippen LogP contribution in [0.1, 0.15) is 11.1 Å². The lowest BCUT2D eigenvalue weighted by Gasteiger charge is -2.12. The van der Waals surface area contributed by atoms with Gasteiger partial charge in [-0.1, -0.05) is 0 Å². The molecule has 100 valence electrons. The largest absolute Gasteiger partial charge is 0.490 e. The van der Waals surface area contributed by atoms with Gasteiger partial charge in [0.05, 0.1) is 5.56 Å². The standard InChI is InChI=1S/C11H12F3NO3/c1-7-6-8(11(12,13)14)2-3-9(7)17-4-5-18-10(15)16/h2-3,6H,4-5H2,1H3,(H2,15,16). The topological polar surface area (TPSA) is 61.6 Å². The average molecular weight is 263 g/mol. The fourth-order valence-corrected chi connectivity index (χ4v) is 1.28. The highest BCUT2D eigenvalue weighted by molar-refractivity contribution is 5.64. The van der Waals surface area contributed by atoms with Crippen molar-refractivity contribution in [3.05, 3.63) is 29.3 Å². The van der Waals surface area contributed by atoms with Gasteiger partial charge in [0.25, 0.3) is 0 Å². The quantitative estimate of drug-likeness (QED) is 0.849. The molecule has 1 aromatic rings. The monoisotopic (exact) mass is 263 g/mol. The van der Waals surface area contributed by atoms with Crippen molar-refractivity contribution in [3.63, 3.8) is 0 Å². The second-order valence-corrected chi connectivity index (χ2v) is 3.49. The lowest BCUT2D eigenvalue weighted by molar-refractivity contribution is -0.137. The third kappa shape index (κ3) is 4.15. The molecular weight excluding hydrogens is 251 g/mol. The molecule has 0 heterocycles. The van der Waals surface area contributed by atoms with E-state index >= 15 is 0 Å². The first-order valence-electron chi connectivity index (χ1n) is 5.03. The number of ether oxygens (including phenoxy) is 2. The molecule has 2 N–H and O–H groups in total. The Balaban J connectivity index is 2.60. The van der Waals surface area contributed by atoms with Crippen molar-refractivity contribution in [2.75, 3.05) is 13.2 Å². The van der Waals surface area contributed by atoms with E-state index in [1.165, 1.54) is 13.0 Å². The number of primary amides is 1. The van der Waals surface area contributed by atoms with E-state index in [0.717, 1.165) is 12.1 Å². The fourth-order valence-electron chi connectivity index (χ4n) is 1.28. The number of halogens is 3. The second-order valence-electron chi connectivity index (χ2n) is 3.49. The maximum absolute atomic E-state index is 12.4. The molecule has 0 aliphatic carbocycles. The Morgan fingerprint density at radius 1 is 1.33 bits per heavy atom. The van der Waals surface area contributed by atoms with Crippen LogP contribution in [-0.2, 0) is 10.9 Å². The van der Waals surface area contributed by atoms with Crippen LogP contribution in [0.3, 0.4) is 0 Å². The minimum atomic E-state index is -4.38. The summed E-state index contributed by atoms with van der Waals surface area (Å²) in [5.41, 5.74) is 4.34.